The van der Waals surface area contributed by atoms with Crippen LogP contribution in [0.1, 0.15) is 37.7 Å². The predicted molar refractivity (Wildman–Crippen MR) is 67.9 cm³/mol. The third-order valence-electron chi connectivity index (χ3n) is 3.78. The first kappa shape index (κ1) is 13.0. The summed E-state index contributed by atoms with van der Waals surface area (Å²) in [7, 11) is 0. The second-order valence-electron chi connectivity index (χ2n) is 4.79. The Morgan fingerprint density at radius 1 is 1.12 bits per heavy atom. The van der Waals surface area contributed by atoms with Crippen LogP contribution >= 0.6 is 15.9 Å². The smallest absolute Gasteiger partial charge is 0.140 e. The molecule has 0 saturated heterocycles. The molecule has 0 amide bonds. The Morgan fingerprint density at radius 3 is 2.35 bits per heavy atom. The molecule has 17 heavy (non-hydrogen) atoms. The summed E-state index contributed by atoms with van der Waals surface area (Å²) in [5.74, 6) is -1.03. The van der Waals surface area contributed by atoms with Crippen LogP contribution in [0, 0.1) is 11.6 Å². The Hall–Kier alpha value is -0.480. The van der Waals surface area contributed by atoms with Crippen LogP contribution in [0.15, 0.2) is 16.6 Å². The van der Waals surface area contributed by atoms with Crippen molar-refractivity contribution in [2.75, 3.05) is 6.54 Å². The van der Waals surface area contributed by atoms with Crippen molar-refractivity contribution in [2.45, 2.75) is 37.5 Å². The van der Waals surface area contributed by atoms with Gasteiger partial charge in [-0.3, -0.25) is 0 Å². The summed E-state index contributed by atoms with van der Waals surface area (Å²) >= 11 is 3.12. The van der Waals surface area contributed by atoms with Crippen LogP contribution in [0.2, 0.25) is 0 Å². The number of rotatable bonds is 2. The van der Waals surface area contributed by atoms with Gasteiger partial charge in [-0.15, -0.1) is 0 Å². The van der Waals surface area contributed by atoms with Gasteiger partial charge in [-0.1, -0.05) is 19.3 Å². The Balaban J connectivity index is 2.46. The molecule has 0 heterocycles. The van der Waals surface area contributed by atoms with Crippen molar-refractivity contribution in [3.63, 3.8) is 0 Å². The van der Waals surface area contributed by atoms with E-state index >= 15 is 0 Å². The molecule has 1 aromatic carbocycles. The highest BCUT2D eigenvalue weighted by atomic mass is 79.9. The molecule has 2 rings (SSSR count). The average molecular weight is 304 g/mol. The molecule has 1 nitrogen and oxygen atoms in total. The Bertz CT molecular complexity index is 414. The fraction of sp³-hybridized carbons (Fsp3) is 0.538. The quantitative estimate of drug-likeness (QED) is 0.824. The van der Waals surface area contributed by atoms with Gasteiger partial charge in [0.1, 0.15) is 11.6 Å². The molecule has 1 aliphatic carbocycles. The summed E-state index contributed by atoms with van der Waals surface area (Å²) in [4.78, 5) is 0. The van der Waals surface area contributed by atoms with Crippen molar-refractivity contribution < 1.29 is 8.78 Å². The molecule has 1 fully saturated rings. The zero-order valence-corrected chi connectivity index (χ0v) is 11.2. The number of benzene rings is 1. The standard InChI is InChI=1S/C13H16BrF2N/c14-10-6-9(11(15)7-12(10)16)13(8-17)4-2-1-3-5-13/h6-7H,1-5,8,17H2. The fourth-order valence-electron chi connectivity index (χ4n) is 2.74. The molecule has 0 atom stereocenters. The zero-order valence-electron chi connectivity index (χ0n) is 9.61. The van der Waals surface area contributed by atoms with E-state index in [4.69, 9.17) is 5.73 Å². The van der Waals surface area contributed by atoms with Gasteiger partial charge >= 0.3 is 0 Å². The maximum Gasteiger partial charge on any atom is 0.140 e. The van der Waals surface area contributed by atoms with E-state index in [0.29, 0.717) is 16.6 Å². The lowest BCUT2D eigenvalue weighted by molar-refractivity contribution is 0.291. The molecule has 0 unspecified atom stereocenters. The molecule has 0 spiro atoms. The summed E-state index contributed by atoms with van der Waals surface area (Å²) in [6.07, 6.45) is 5.07. The maximum absolute atomic E-state index is 13.9. The minimum absolute atomic E-state index is 0.307. The highest BCUT2D eigenvalue weighted by Crippen LogP contribution is 2.41. The fourth-order valence-corrected chi connectivity index (χ4v) is 3.08. The highest BCUT2D eigenvalue weighted by Gasteiger charge is 2.35. The molecular formula is C13H16BrF2N. The van der Waals surface area contributed by atoms with Crippen molar-refractivity contribution in [1.29, 1.82) is 0 Å². The summed E-state index contributed by atoms with van der Waals surface area (Å²) in [6.45, 7) is 0.419. The van der Waals surface area contributed by atoms with E-state index in [1.807, 2.05) is 0 Å². The molecule has 0 bridgehead atoms. The van der Waals surface area contributed by atoms with Crippen molar-refractivity contribution in [3.8, 4) is 0 Å². The van der Waals surface area contributed by atoms with Gasteiger partial charge < -0.3 is 5.73 Å². The van der Waals surface area contributed by atoms with E-state index in [9.17, 15) is 8.78 Å². The first-order chi connectivity index (χ1) is 8.09. The van der Waals surface area contributed by atoms with Crippen molar-refractivity contribution in [3.05, 3.63) is 33.8 Å². The maximum atomic E-state index is 13.9. The van der Waals surface area contributed by atoms with Crippen LogP contribution in [-0.4, -0.2) is 6.54 Å². The largest absolute Gasteiger partial charge is 0.330 e. The van der Waals surface area contributed by atoms with Crippen molar-refractivity contribution >= 4 is 15.9 Å². The van der Waals surface area contributed by atoms with Gasteiger partial charge in [-0.2, -0.15) is 0 Å². The molecule has 1 saturated carbocycles. The van der Waals surface area contributed by atoms with Gasteiger partial charge in [0.2, 0.25) is 0 Å². The minimum atomic E-state index is -0.561. The van der Waals surface area contributed by atoms with Crippen molar-refractivity contribution in [1.82, 2.24) is 0 Å². The van der Waals surface area contributed by atoms with E-state index in [0.717, 1.165) is 31.7 Å². The van der Waals surface area contributed by atoms with Crippen LogP contribution in [0.25, 0.3) is 0 Å². The molecule has 4 heteroatoms. The number of halogens is 3. The first-order valence-corrected chi connectivity index (χ1v) is 6.73. The van der Waals surface area contributed by atoms with Crippen LogP contribution in [0.5, 0.6) is 0 Å². The number of hydrogen-bond acceptors (Lipinski definition) is 1. The van der Waals surface area contributed by atoms with Crippen molar-refractivity contribution in [2.24, 2.45) is 5.73 Å². The third-order valence-corrected chi connectivity index (χ3v) is 4.39. The normalized spacial score (nSPS) is 19.3. The molecule has 0 radical (unpaired) electrons. The topological polar surface area (TPSA) is 26.0 Å². The number of hydrogen-bond donors (Lipinski definition) is 1. The van der Waals surface area contributed by atoms with Gasteiger partial charge in [-0.05, 0) is 40.4 Å². The molecule has 2 N–H and O–H groups in total. The lowest BCUT2D eigenvalue weighted by Gasteiger charge is -2.37. The van der Waals surface area contributed by atoms with Crippen LogP contribution in [0.4, 0.5) is 8.78 Å². The first-order valence-electron chi connectivity index (χ1n) is 5.94. The van der Waals surface area contributed by atoms with Crippen LogP contribution in [0.3, 0.4) is 0 Å². The van der Waals surface area contributed by atoms with Gasteiger partial charge in [-0.25, -0.2) is 8.78 Å². The van der Waals surface area contributed by atoms with Gasteiger partial charge in [0.15, 0.2) is 0 Å². The molecule has 1 aliphatic rings. The van der Waals surface area contributed by atoms with E-state index in [2.05, 4.69) is 15.9 Å². The monoisotopic (exact) mass is 303 g/mol. The molecule has 0 aliphatic heterocycles. The summed E-state index contributed by atoms with van der Waals surface area (Å²) in [5.41, 5.74) is 6.11. The van der Waals surface area contributed by atoms with E-state index in [-0.39, 0.29) is 5.41 Å². The summed E-state index contributed by atoms with van der Waals surface area (Å²) in [5, 5.41) is 0. The van der Waals surface area contributed by atoms with Crippen LogP contribution in [-0.2, 0) is 5.41 Å². The Labute approximate surface area is 109 Å². The van der Waals surface area contributed by atoms with Crippen LogP contribution < -0.4 is 5.73 Å². The molecule has 1 aromatic rings. The van der Waals surface area contributed by atoms with Gasteiger partial charge in [0, 0.05) is 18.0 Å². The Kier molecular flexibility index (Phi) is 3.83. The molecule has 0 aromatic heterocycles. The molecular weight excluding hydrogens is 288 g/mol. The second-order valence-corrected chi connectivity index (χ2v) is 5.65. The SMILES string of the molecule is NCC1(c2cc(Br)c(F)cc2F)CCCCC1. The Morgan fingerprint density at radius 2 is 1.76 bits per heavy atom. The lowest BCUT2D eigenvalue weighted by Crippen LogP contribution is -2.38. The van der Waals surface area contributed by atoms with Gasteiger partial charge in [0.25, 0.3) is 0 Å². The molecule has 94 valence electrons. The second kappa shape index (κ2) is 5.02. The highest BCUT2D eigenvalue weighted by molar-refractivity contribution is 9.10. The summed E-state index contributed by atoms with van der Waals surface area (Å²) < 4.78 is 27.5. The van der Waals surface area contributed by atoms with E-state index in [1.165, 1.54) is 6.42 Å². The number of nitrogens with two attached hydrogens (primary N) is 1. The minimum Gasteiger partial charge on any atom is -0.330 e. The average Bonchev–Trinajstić information content (AvgIpc) is 2.34. The predicted octanol–water partition coefficient (Wildman–Crippen LogP) is 3.89. The third kappa shape index (κ3) is 2.38. The van der Waals surface area contributed by atoms with Gasteiger partial charge in [0.05, 0.1) is 4.47 Å². The zero-order chi connectivity index (χ0) is 12.5. The lowest BCUT2D eigenvalue weighted by atomic mass is 9.69. The van der Waals surface area contributed by atoms with E-state index < -0.39 is 11.6 Å². The van der Waals surface area contributed by atoms with E-state index in [1.54, 1.807) is 6.07 Å². The summed E-state index contributed by atoms with van der Waals surface area (Å²) in [6, 6.07) is 2.51.